The van der Waals surface area contributed by atoms with Gasteiger partial charge in [-0.05, 0) is 42.5 Å². The fourth-order valence-corrected chi connectivity index (χ4v) is 3.58. The molecular weight excluding hydrogens is 553 g/mol. The molecule has 0 aliphatic rings. The van der Waals surface area contributed by atoms with Crippen molar-refractivity contribution >= 4 is 50.3 Å². The summed E-state index contributed by atoms with van der Waals surface area (Å²) in [5.74, 6) is -1.08. The van der Waals surface area contributed by atoms with Gasteiger partial charge in [0, 0.05) is 17.2 Å². The van der Waals surface area contributed by atoms with E-state index in [9.17, 15) is 26.7 Å². The van der Waals surface area contributed by atoms with Crippen LogP contribution in [0.3, 0.4) is 0 Å². The monoisotopic (exact) mass is 569 g/mol. The van der Waals surface area contributed by atoms with Gasteiger partial charge in [-0.2, -0.15) is 18.2 Å². The molecule has 0 radical (unpaired) electrons. The molecule has 2 heterocycles. The Morgan fingerprint density at radius 1 is 1.11 bits per heavy atom. The first-order valence-corrected chi connectivity index (χ1v) is 11.1. The number of aryl methyl sites for hydroxylation is 1. The normalized spacial score (nSPS) is 11.7. The molecule has 1 amide bonds. The summed E-state index contributed by atoms with van der Waals surface area (Å²) in [6.45, 7) is -1.01. The summed E-state index contributed by atoms with van der Waals surface area (Å²) in [4.78, 5) is 21.4. The second-order valence-corrected chi connectivity index (χ2v) is 8.43. The van der Waals surface area contributed by atoms with Crippen molar-refractivity contribution < 1.29 is 31.5 Å². The molecule has 2 aromatic carbocycles. The molecule has 0 saturated heterocycles. The lowest BCUT2D eigenvalue weighted by atomic mass is 10.1. The second kappa shape index (κ2) is 10.1. The Morgan fingerprint density at radius 3 is 2.47 bits per heavy atom. The van der Waals surface area contributed by atoms with Crippen molar-refractivity contribution in [3.8, 4) is 5.88 Å². The van der Waals surface area contributed by atoms with Crippen LogP contribution in [0.25, 0.3) is 11.2 Å². The van der Waals surface area contributed by atoms with Crippen LogP contribution in [0.2, 0.25) is 0 Å². The highest BCUT2D eigenvalue weighted by atomic mass is 79.9. The summed E-state index contributed by atoms with van der Waals surface area (Å²) in [6, 6.07) is 12.8. The number of halogens is 6. The third kappa shape index (κ3) is 5.56. The van der Waals surface area contributed by atoms with E-state index >= 15 is 0 Å². The number of fused-ring (bicyclic) bond motifs is 1. The van der Waals surface area contributed by atoms with E-state index in [4.69, 9.17) is 4.74 Å². The molecule has 36 heavy (non-hydrogen) atoms. The quantitative estimate of drug-likeness (QED) is 0.252. The third-order valence-electron chi connectivity index (χ3n) is 4.98. The maximum Gasteiger partial charge on any atom is 0.418 e. The highest BCUT2D eigenvalue weighted by Gasteiger charge is 2.33. The van der Waals surface area contributed by atoms with E-state index in [1.165, 1.54) is 35.9 Å². The molecule has 13 heteroatoms. The van der Waals surface area contributed by atoms with E-state index in [1.807, 2.05) is 0 Å². The van der Waals surface area contributed by atoms with E-state index in [-0.39, 0.29) is 34.2 Å². The van der Waals surface area contributed by atoms with Crippen molar-refractivity contribution in [2.75, 3.05) is 17.2 Å². The first kappa shape index (κ1) is 25.4. The van der Waals surface area contributed by atoms with Crippen molar-refractivity contribution in [3.63, 3.8) is 0 Å². The van der Waals surface area contributed by atoms with Gasteiger partial charge in [-0.3, -0.25) is 9.36 Å². The van der Waals surface area contributed by atoms with Crippen LogP contribution in [0.4, 0.5) is 39.3 Å². The number of hydrogen-bond acceptors (Lipinski definition) is 5. The Balaban J connectivity index is 1.74. The number of carbonyl (C=O) groups is 1. The number of rotatable bonds is 7. The number of aromatic nitrogens is 3. The van der Waals surface area contributed by atoms with Crippen LogP contribution in [-0.4, -0.2) is 33.5 Å². The Bertz CT molecular complexity index is 1410. The molecular formula is C23H17BrF5N5O2. The van der Waals surface area contributed by atoms with Crippen LogP contribution in [0.15, 0.2) is 59.1 Å². The van der Waals surface area contributed by atoms with Crippen LogP contribution in [0, 0.1) is 0 Å². The van der Waals surface area contributed by atoms with Gasteiger partial charge >= 0.3 is 6.18 Å². The summed E-state index contributed by atoms with van der Waals surface area (Å²) < 4.78 is 73.1. The summed E-state index contributed by atoms with van der Waals surface area (Å²) in [7, 11) is 1.47. The van der Waals surface area contributed by atoms with Gasteiger partial charge in [-0.1, -0.05) is 28.1 Å². The van der Waals surface area contributed by atoms with Gasteiger partial charge < -0.3 is 15.4 Å². The van der Waals surface area contributed by atoms with Gasteiger partial charge in [-0.15, -0.1) is 0 Å². The van der Waals surface area contributed by atoms with E-state index in [2.05, 4.69) is 36.5 Å². The summed E-state index contributed by atoms with van der Waals surface area (Å²) in [5.41, 5.74) is -0.658. The highest BCUT2D eigenvalue weighted by molar-refractivity contribution is 9.10. The zero-order chi connectivity index (χ0) is 26.0. The highest BCUT2D eigenvalue weighted by Crippen LogP contribution is 2.36. The molecule has 2 aromatic heterocycles. The Hall–Kier alpha value is -3.74. The number of carbonyl (C=O) groups excluding carboxylic acids is 1. The predicted molar refractivity (Wildman–Crippen MR) is 127 cm³/mol. The molecule has 0 atom stereocenters. The Kier molecular flexibility index (Phi) is 7.11. The molecule has 0 aliphatic heterocycles. The fraction of sp³-hybridized carbons (Fsp3) is 0.174. The number of alkyl halides is 5. The Morgan fingerprint density at radius 2 is 1.81 bits per heavy atom. The third-order valence-corrected chi connectivity index (χ3v) is 5.51. The van der Waals surface area contributed by atoms with Crippen LogP contribution in [0.1, 0.15) is 15.9 Å². The van der Waals surface area contributed by atoms with Crippen molar-refractivity contribution in [1.82, 2.24) is 14.5 Å². The van der Waals surface area contributed by atoms with Crippen molar-refractivity contribution in [3.05, 3.63) is 70.2 Å². The van der Waals surface area contributed by atoms with E-state index in [1.54, 1.807) is 24.3 Å². The van der Waals surface area contributed by atoms with Gasteiger partial charge in [0.2, 0.25) is 11.8 Å². The molecule has 188 valence electrons. The largest absolute Gasteiger partial charge is 0.471 e. The van der Waals surface area contributed by atoms with E-state index in [0.29, 0.717) is 5.69 Å². The molecule has 0 fully saturated rings. The minimum Gasteiger partial charge on any atom is -0.471 e. The van der Waals surface area contributed by atoms with Crippen LogP contribution in [-0.2, 0) is 13.2 Å². The number of imidazole rings is 1. The minimum absolute atomic E-state index is 0.0144. The average molecular weight is 570 g/mol. The zero-order valence-corrected chi connectivity index (χ0v) is 20.0. The maximum absolute atomic E-state index is 13.4. The number of nitrogens with zero attached hydrogens (tertiary/aromatic N) is 3. The van der Waals surface area contributed by atoms with E-state index in [0.717, 1.165) is 10.5 Å². The second-order valence-electron chi connectivity index (χ2n) is 7.51. The van der Waals surface area contributed by atoms with Crippen molar-refractivity contribution in [2.45, 2.75) is 12.6 Å². The number of nitrogens with one attached hydrogen (secondary N) is 2. The molecule has 0 saturated carbocycles. The van der Waals surface area contributed by atoms with Crippen molar-refractivity contribution in [2.24, 2.45) is 7.05 Å². The molecule has 0 unspecified atom stereocenters. The summed E-state index contributed by atoms with van der Waals surface area (Å²) in [6.07, 6.45) is -7.44. The minimum atomic E-state index is -4.61. The van der Waals surface area contributed by atoms with Crippen LogP contribution in [0.5, 0.6) is 5.88 Å². The lowest BCUT2D eigenvalue weighted by Crippen LogP contribution is -2.17. The molecule has 0 bridgehead atoms. The first-order valence-electron chi connectivity index (χ1n) is 10.3. The SMILES string of the molecule is Cn1c(Nc2ccccc2C(F)(F)F)nc2cc(C(=O)Nc3ccc(Br)cc3)c(OCC(F)F)nc21. The standard InChI is InChI=1S/C23H17BrF5N5O2/c1-34-19-17(32-22(34)31-16-5-3-2-4-15(16)23(27,28)29)10-14(21(33-19)36-11-18(25)26)20(35)30-13-8-6-12(24)7-9-13/h2-10,18H,11H2,1H3,(H,30,35)(H,31,32). The van der Waals surface area contributed by atoms with Gasteiger partial charge in [0.05, 0.1) is 11.3 Å². The van der Waals surface area contributed by atoms with Crippen molar-refractivity contribution in [1.29, 1.82) is 0 Å². The number of para-hydroxylation sites is 1. The topological polar surface area (TPSA) is 81.1 Å². The molecule has 4 rings (SSSR count). The lowest BCUT2D eigenvalue weighted by Gasteiger charge is -2.14. The number of ether oxygens (including phenoxy) is 1. The van der Waals surface area contributed by atoms with Crippen LogP contribution >= 0.6 is 15.9 Å². The maximum atomic E-state index is 13.4. The molecule has 0 spiro atoms. The number of amides is 1. The lowest BCUT2D eigenvalue weighted by molar-refractivity contribution is -0.136. The number of anilines is 3. The first-order chi connectivity index (χ1) is 17.0. The van der Waals surface area contributed by atoms with Gasteiger partial charge in [-0.25, -0.2) is 13.8 Å². The number of benzene rings is 2. The number of pyridine rings is 1. The van der Waals surface area contributed by atoms with Gasteiger partial charge in [0.25, 0.3) is 12.3 Å². The predicted octanol–water partition coefficient (Wildman–Crippen LogP) is 6.39. The zero-order valence-electron chi connectivity index (χ0n) is 18.4. The van der Waals surface area contributed by atoms with E-state index < -0.39 is 30.7 Å². The molecule has 0 aliphatic carbocycles. The summed E-state index contributed by atoms with van der Waals surface area (Å²) >= 11 is 3.28. The van der Waals surface area contributed by atoms with Gasteiger partial charge in [0.1, 0.15) is 11.1 Å². The molecule has 7 nitrogen and oxygen atoms in total. The number of hydrogen-bond donors (Lipinski definition) is 2. The molecule has 4 aromatic rings. The average Bonchev–Trinajstić information content (AvgIpc) is 3.12. The summed E-state index contributed by atoms with van der Waals surface area (Å²) in [5, 5.41) is 5.25. The fourth-order valence-electron chi connectivity index (χ4n) is 3.31. The Labute approximate surface area is 209 Å². The molecule has 2 N–H and O–H groups in total. The van der Waals surface area contributed by atoms with Crippen LogP contribution < -0.4 is 15.4 Å². The smallest absolute Gasteiger partial charge is 0.418 e. The van der Waals surface area contributed by atoms with Gasteiger partial charge in [0.15, 0.2) is 12.3 Å².